The van der Waals surface area contributed by atoms with Gasteiger partial charge in [0.1, 0.15) is 0 Å². The van der Waals surface area contributed by atoms with E-state index in [4.69, 9.17) is 0 Å². The highest BCUT2D eigenvalue weighted by Gasteiger charge is 2.29. The summed E-state index contributed by atoms with van der Waals surface area (Å²) in [5.74, 6) is 1.05. The molecule has 13 heavy (non-hydrogen) atoms. The number of likely N-dealkylation sites (N-methyl/N-ethyl adjacent to an activating group) is 1. The fraction of sp³-hybridized carbons (Fsp3) is 1.00. The van der Waals surface area contributed by atoms with Crippen molar-refractivity contribution in [1.29, 1.82) is 0 Å². The van der Waals surface area contributed by atoms with Crippen LogP contribution in [0, 0.1) is 5.92 Å². The summed E-state index contributed by atoms with van der Waals surface area (Å²) in [6.07, 6.45) is 7.25. The molecule has 0 spiro atoms. The SMILES string of the molecule is CNCC1CCCCN1CC1CC1. The van der Waals surface area contributed by atoms with Crippen LogP contribution in [0.5, 0.6) is 0 Å². The molecule has 76 valence electrons. The summed E-state index contributed by atoms with van der Waals surface area (Å²) in [6.45, 7) is 3.92. The van der Waals surface area contributed by atoms with Crippen molar-refractivity contribution in [2.24, 2.45) is 5.92 Å². The van der Waals surface area contributed by atoms with Crippen LogP contribution in [0.15, 0.2) is 0 Å². The van der Waals surface area contributed by atoms with Crippen molar-refractivity contribution in [2.75, 3.05) is 26.7 Å². The van der Waals surface area contributed by atoms with Crippen LogP contribution in [-0.4, -0.2) is 37.6 Å². The number of nitrogens with one attached hydrogen (secondary N) is 1. The molecule has 2 aliphatic rings. The first-order valence-electron chi connectivity index (χ1n) is 5.79. The Balaban J connectivity index is 1.79. The third kappa shape index (κ3) is 2.68. The second-order valence-electron chi connectivity index (χ2n) is 4.65. The van der Waals surface area contributed by atoms with Gasteiger partial charge >= 0.3 is 0 Å². The summed E-state index contributed by atoms with van der Waals surface area (Å²) >= 11 is 0. The lowest BCUT2D eigenvalue weighted by molar-refractivity contribution is 0.141. The molecule has 1 heterocycles. The molecule has 1 unspecified atom stereocenters. The topological polar surface area (TPSA) is 15.3 Å². The van der Waals surface area contributed by atoms with E-state index in [1.165, 1.54) is 51.7 Å². The molecule has 2 nitrogen and oxygen atoms in total. The van der Waals surface area contributed by atoms with Gasteiger partial charge in [-0.05, 0) is 45.2 Å². The predicted molar refractivity (Wildman–Crippen MR) is 55.9 cm³/mol. The Bertz CT molecular complexity index is 152. The number of nitrogens with zero attached hydrogens (tertiary/aromatic N) is 1. The molecule has 1 N–H and O–H groups in total. The van der Waals surface area contributed by atoms with Crippen molar-refractivity contribution in [3.05, 3.63) is 0 Å². The fourth-order valence-corrected chi connectivity index (χ4v) is 2.40. The molecule has 1 aliphatic heterocycles. The van der Waals surface area contributed by atoms with Crippen LogP contribution in [0.4, 0.5) is 0 Å². The Morgan fingerprint density at radius 3 is 2.77 bits per heavy atom. The molecular formula is C11H22N2. The molecule has 2 heteroatoms. The zero-order valence-corrected chi connectivity index (χ0v) is 8.76. The van der Waals surface area contributed by atoms with Crippen molar-refractivity contribution in [1.82, 2.24) is 10.2 Å². The summed E-state index contributed by atoms with van der Waals surface area (Å²) in [7, 11) is 2.07. The molecule has 0 aromatic carbocycles. The minimum atomic E-state index is 0.833. The summed E-state index contributed by atoms with van der Waals surface area (Å²) in [5.41, 5.74) is 0. The lowest BCUT2D eigenvalue weighted by Crippen LogP contribution is -2.45. The number of likely N-dealkylation sites (tertiary alicyclic amines) is 1. The van der Waals surface area contributed by atoms with Crippen molar-refractivity contribution >= 4 is 0 Å². The van der Waals surface area contributed by atoms with E-state index in [1.54, 1.807) is 0 Å². The highest BCUT2D eigenvalue weighted by atomic mass is 15.2. The molecule has 0 aromatic heterocycles. The Labute approximate surface area is 81.7 Å². The maximum Gasteiger partial charge on any atom is 0.0220 e. The minimum Gasteiger partial charge on any atom is -0.318 e. The van der Waals surface area contributed by atoms with E-state index >= 15 is 0 Å². The van der Waals surface area contributed by atoms with Gasteiger partial charge in [0, 0.05) is 19.1 Å². The van der Waals surface area contributed by atoms with Gasteiger partial charge in [-0.2, -0.15) is 0 Å². The molecule has 0 aromatic rings. The van der Waals surface area contributed by atoms with Crippen LogP contribution < -0.4 is 5.32 Å². The molecule has 1 aliphatic carbocycles. The van der Waals surface area contributed by atoms with Gasteiger partial charge in [0.2, 0.25) is 0 Å². The van der Waals surface area contributed by atoms with Gasteiger partial charge < -0.3 is 5.32 Å². The predicted octanol–water partition coefficient (Wildman–Crippen LogP) is 1.47. The average molecular weight is 182 g/mol. The molecule has 0 radical (unpaired) electrons. The van der Waals surface area contributed by atoms with Crippen molar-refractivity contribution in [2.45, 2.75) is 38.1 Å². The van der Waals surface area contributed by atoms with Crippen molar-refractivity contribution < 1.29 is 0 Å². The third-order valence-corrected chi connectivity index (χ3v) is 3.38. The molecular weight excluding hydrogens is 160 g/mol. The first-order chi connectivity index (χ1) is 6.40. The van der Waals surface area contributed by atoms with Crippen LogP contribution >= 0.6 is 0 Å². The van der Waals surface area contributed by atoms with Gasteiger partial charge in [-0.1, -0.05) is 6.42 Å². The normalized spacial score (nSPS) is 30.7. The Hall–Kier alpha value is -0.0800. The van der Waals surface area contributed by atoms with Gasteiger partial charge in [-0.15, -0.1) is 0 Å². The van der Waals surface area contributed by atoms with Gasteiger partial charge in [-0.3, -0.25) is 4.90 Å². The first kappa shape index (κ1) is 9.47. The lowest BCUT2D eigenvalue weighted by atomic mass is 10.0. The molecule has 2 rings (SSSR count). The Morgan fingerprint density at radius 1 is 1.23 bits per heavy atom. The third-order valence-electron chi connectivity index (χ3n) is 3.38. The smallest absolute Gasteiger partial charge is 0.0220 e. The maximum absolute atomic E-state index is 3.32. The van der Waals surface area contributed by atoms with Gasteiger partial charge in [-0.25, -0.2) is 0 Å². The standard InChI is InChI=1S/C11H22N2/c1-12-8-11-4-2-3-7-13(11)9-10-5-6-10/h10-12H,2-9H2,1H3. The second-order valence-corrected chi connectivity index (χ2v) is 4.65. The number of piperidine rings is 1. The number of rotatable bonds is 4. The Morgan fingerprint density at radius 2 is 2.08 bits per heavy atom. The van der Waals surface area contributed by atoms with Crippen LogP contribution in [0.2, 0.25) is 0 Å². The largest absolute Gasteiger partial charge is 0.318 e. The van der Waals surface area contributed by atoms with Crippen LogP contribution in [0.1, 0.15) is 32.1 Å². The monoisotopic (exact) mass is 182 g/mol. The summed E-state index contributed by atoms with van der Waals surface area (Å²) in [4.78, 5) is 2.72. The lowest BCUT2D eigenvalue weighted by Gasteiger charge is -2.35. The van der Waals surface area contributed by atoms with E-state index < -0.39 is 0 Å². The molecule has 1 saturated carbocycles. The summed E-state index contributed by atoms with van der Waals surface area (Å²) in [5, 5.41) is 3.32. The molecule has 0 bridgehead atoms. The highest BCUT2D eigenvalue weighted by Crippen LogP contribution is 2.31. The number of hydrogen-bond acceptors (Lipinski definition) is 2. The van der Waals surface area contributed by atoms with E-state index in [2.05, 4.69) is 17.3 Å². The van der Waals surface area contributed by atoms with Gasteiger partial charge in [0.15, 0.2) is 0 Å². The molecule has 2 fully saturated rings. The van der Waals surface area contributed by atoms with E-state index in [1.807, 2.05) is 0 Å². The quantitative estimate of drug-likeness (QED) is 0.708. The van der Waals surface area contributed by atoms with E-state index in [0.29, 0.717) is 0 Å². The molecule has 1 atom stereocenters. The summed E-state index contributed by atoms with van der Waals surface area (Å²) in [6, 6.07) is 0.833. The maximum atomic E-state index is 3.32. The second kappa shape index (κ2) is 4.43. The molecule has 0 amide bonds. The summed E-state index contributed by atoms with van der Waals surface area (Å²) < 4.78 is 0. The van der Waals surface area contributed by atoms with Gasteiger partial charge in [0.05, 0.1) is 0 Å². The minimum absolute atomic E-state index is 0.833. The van der Waals surface area contributed by atoms with E-state index in [0.717, 1.165) is 12.0 Å². The van der Waals surface area contributed by atoms with Crippen molar-refractivity contribution in [3.8, 4) is 0 Å². The fourth-order valence-electron chi connectivity index (χ4n) is 2.40. The van der Waals surface area contributed by atoms with Crippen LogP contribution in [0.3, 0.4) is 0 Å². The zero-order chi connectivity index (χ0) is 9.10. The average Bonchev–Trinajstić information content (AvgIpc) is 2.93. The number of hydrogen-bond donors (Lipinski definition) is 1. The molecule has 1 saturated heterocycles. The van der Waals surface area contributed by atoms with Crippen LogP contribution in [-0.2, 0) is 0 Å². The van der Waals surface area contributed by atoms with E-state index in [9.17, 15) is 0 Å². The van der Waals surface area contributed by atoms with E-state index in [-0.39, 0.29) is 0 Å². The zero-order valence-electron chi connectivity index (χ0n) is 8.76. The van der Waals surface area contributed by atoms with Gasteiger partial charge in [0.25, 0.3) is 0 Å². The Kier molecular flexibility index (Phi) is 3.23. The van der Waals surface area contributed by atoms with Crippen LogP contribution in [0.25, 0.3) is 0 Å². The first-order valence-corrected chi connectivity index (χ1v) is 5.79. The van der Waals surface area contributed by atoms with Crippen molar-refractivity contribution in [3.63, 3.8) is 0 Å². The highest BCUT2D eigenvalue weighted by molar-refractivity contribution is 4.84.